The largest absolute Gasteiger partial charge is 0.380 e. The van der Waals surface area contributed by atoms with Crippen molar-refractivity contribution in [1.29, 1.82) is 0 Å². The second kappa shape index (κ2) is 6.24. The van der Waals surface area contributed by atoms with E-state index in [-0.39, 0.29) is 18.4 Å². The summed E-state index contributed by atoms with van der Waals surface area (Å²) in [6.07, 6.45) is 0.0168. The van der Waals surface area contributed by atoms with E-state index < -0.39 is 0 Å². The van der Waals surface area contributed by atoms with E-state index in [1.807, 2.05) is 0 Å². The van der Waals surface area contributed by atoms with Crippen LogP contribution in [0.4, 0.5) is 0 Å². The molecule has 1 aromatic heterocycles. The Morgan fingerprint density at radius 2 is 2.50 bits per heavy atom. The molecule has 3 N–H and O–H groups in total. The van der Waals surface area contributed by atoms with E-state index in [4.69, 9.17) is 15.0 Å². The first kappa shape index (κ1) is 12.7. The quantitative estimate of drug-likeness (QED) is 0.711. The van der Waals surface area contributed by atoms with Gasteiger partial charge in [0.25, 0.3) is 0 Å². The van der Waals surface area contributed by atoms with Gasteiger partial charge in [-0.2, -0.15) is 0 Å². The van der Waals surface area contributed by atoms with Gasteiger partial charge in [-0.15, -0.1) is 0 Å². The summed E-state index contributed by atoms with van der Waals surface area (Å²) >= 11 is 0. The number of carbonyl (C=O) groups is 1. The van der Waals surface area contributed by atoms with Crippen molar-refractivity contribution in [2.24, 2.45) is 5.73 Å². The number of amides is 1. The number of nitrogens with one attached hydrogen (secondary N) is 1. The molecule has 16 heavy (non-hydrogen) atoms. The summed E-state index contributed by atoms with van der Waals surface area (Å²) in [5.74, 6) is 0.610. The Balaban J connectivity index is 2.30. The van der Waals surface area contributed by atoms with Gasteiger partial charge >= 0.3 is 0 Å². The molecule has 1 unspecified atom stereocenters. The molecule has 0 bridgehead atoms. The fraction of sp³-hybridized carbons (Fsp3) is 0.600. The van der Waals surface area contributed by atoms with Crippen LogP contribution in [-0.4, -0.2) is 30.8 Å². The van der Waals surface area contributed by atoms with E-state index in [0.717, 1.165) is 5.76 Å². The zero-order valence-electron chi connectivity index (χ0n) is 9.53. The Hall–Kier alpha value is -1.40. The molecule has 0 fully saturated rings. The minimum absolute atomic E-state index is 0.113. The van der Waals surface area contributed by atoms with Crippen LogP contribution in [0.25, 0.3) is 0 Å². The lowest BCUT2D eigenvalue weighted by Gasteiger charge is -2.11. The number of aromatic nitrogens is 1. The van der Waals surface area contributed by atoms with Crippen LogP contribution in [0.5, 0.6) is 0 Å². The summed E-state index contributed by atoms with van der Waals surface area (Å²) in [4.78, 5) is 11.4. The number of nitrogens with zero attached hydrogens (tertiary/aromatic N) is 1. The van der Waals surface area contributed by atoms with Gasteiger partial charge in [0.05, 0.1) is 19.1 Å². The number of rotatable bonds is 6. The molecule has 1 amide bonds. The molecule has 1 atom stereocenters. The van der Waals surface area contributed by atoms with Crippen LogP contribution in [0.15, 0.2) is 10.6 Å². The third-order valence-corrected chi connectivity index (χ3v) is 2.15. The average Bonchev–Trinajstić information content (AvgIpc) is 2.69. The maximum Gasteiger partial charge on any atom is 0.222 e. The van der Waals surface area contributed by atoms with Gasteiger partial charge < -0.3 is 20.3 Å². The smallest absolute Gasteiger partial charge is 0.222 e. The molecular weight excluding hydrogens is 210 g/mol. The normalized spacial score (nSPS) is 12.4. The van der Waals surface area contributed by atoms with Crippen molar-refractivity contribution in [1.82, 2.24) is 10.5 Å². The summed E-state index contributed by atoms with van der Waals surface area (Å²) in [5, 5.41) is 6.48. The number of ether oxygens (including phenoxy) is 1. The fourth-order valence-electron chi connectivity index (χ4n) is 1.23. The molecule has 0 aliphatic carbocycles. The minimum Gasteiger partial charge on any atom is -0.380 e. The van der Waals surface area contributed by atoms with Crippen LogP contribution in [0.3, 0.4) is 0 Å². The standard InChI is InChI=1S/C10H17N3O3/c1-7-3-8(13-16-7)6-12-10(14)4-9(5-11)15-2/h3,9H,4-6,11H2,1-2H3,(H,12,14). The molecule has 0 radical (unpaired) electrons. The van der Waals surface area contributed by atoms with Gasteiger partial charge in [0.2, 0.25) is 5.91 Å². The molecule has 6 nitrogen and oxygen atoms in total. The molecule has 0 saturated heterocycles. The second-order valence-corrected chi connectivity index (χ2v) is 3.50. The SMILES string of the molecule is COC(CN)CC(=O)NCc1cc(C)on1. The van der Waals surface area contributed by atoms with Gasteiger partial charge in [0.1, 0.15) is 11.5 Å². The maximum absolute atomic E-state index is 11.4. The van der Waals surface area contributed by atoms with Crippen LogP contribution in [0.1, 0.15) is 17.9 Å². The Labute approximate surface area is 94.1 Å². The van der Waals surface area contributed by atoms with E-state index in [9.17, 15) is 4.79 Å². The average molecular weight is 227 g/mol. The Morgan fingerprint density at radius 3 is 3.00 bits per heavy atom. The molecule has 6 heteroatoms. The van der Waals surface area contributed by atoms with Crippen molar-refractivity contribution in [3.63, 3.8) is 0 Å². The molecule has 1 aromatic rings. The monoisotopic (exact) mass is 227 g/mol. The first-order valence-electron chi connectivity index (χ1n) is 5.07. The van der Waals surface area contributed by atoms with Gasteiger partial charge in [-0.3, -0.25) is 4.79 Å². The van der Waals surface area contributed by atoms with Crippen LogP contribution >= 0.6 is 0 Å². The van der Waals surface area contributed by atoms with Gasteiger partial charge in [0.15, 0.2) is 0 Å². The third-order valence-electron chi connectivity index (χ3n) is 2.15. The molecule has 90 valence electrons. The molecule has 0 aromatic carbocycles. The van der Waals surface area contributed by atoms with Gasteiger partial charge in [-0.05, 0) is 6.92 Å². The van der Waals surface area contributed by atoms with Crippen molar-refractivity contribution < 1.29 is 14.1 Å². The van der Waals surface area contributed by atoms with Gasteiger partial charge in [-0.25, -0.2) is 0 Å². The van der Waals surface area contributed by atoms with Crippen molar-refractivity contribution in [3.8, 4) is 0 Å². The Morgan fingerprint density at radius 1 is 1.75 bits per heavy atom. The number of aryl methyl sites for hydroxylation is 1. The molecule has 0 aliphatic heterocycles. The zero-order valence-corrected chi connectivity index (χ0v) is 9.53. The number of methoxy groups -OCH3 is 1. The van der Waals surface area contributed by atoms with Crippen molar-refractivity contribution in [2.45, 2.75) is 26.0 Å². The third kappa shape index (κ3) is 4.00. The van der Waals surface area contributed by atoms with Gasteiger partial charge in [-0.1, -0.05) is 5.16 Å². The molecule has 0 spiro atoms. The molecule has 0 aliphatic rings. The van der Waals surface area contributed by atoms with Crippen LogP contribution < -0.4 is 11.1 Å². The van der Waals surface area contributed by atoms with Crippen LogP contribution in [0, 0.1) is 6.92 Å². The summed E-state index contributed by atoms with van der Waals surface area (Å²) in [6, 6.07) is 1.77. The number of nitrogens with two attached hydrogens (primary N) is 1. The highest BCUT2D eigenvalue weighted by Gasteiger charge is 2.11. The Bertz CT molecular complexity index is 334. The second-order valence-electron chi connectivity index (χ2n) is 3.50. The first-order valence-corrected chi connectivity index (χ1v) is 5.07. The minimum atomic E-state index is -0.237. The van der Waals surface area contributed by atoms with Crippen LogP contribution in [-0.2, 0) is 16.1 Å². The summed E-state index contributed by atoms with van der Waals surface area (Å²) in [7, 11) is 1.53. The number of carbonyl (C=O) groups excluding carboxylic acids is 1. The van der Waals surface area contributed by atoms with E-state index in [1.165, 1.54) is 7.11 Å². The van der Waals surface area contributed by atoms with Crippen molar-refractivity contribution in [3.05, 3.63) is 17.5 Å². The van der Waals surface area contributed by atoms with E-state index >= 15 is 0 Å². The molecular formula is C10H17N3O3. The van der Waals surface area contributed by atoms with E-state index in [1.54, 1.807) is 13.0 Å². The first-order chi connectivity index (χ1) is 7.65. The maximum atomic E-state index is 11.4. The predicted octanol–water partition coefficient (Wildman–Crippen LogP) is -0.0370. The fourth-order valence-corrected chi connectivity index (χ4v) is 1.23. The number of hydrogen-bond acceptors (Lipinski definition) is 5. The number of hydrogen-bond donors (Lipinski definition) is 2. The van der Waals surface area contributed by atoms with Crippen molar-refractivity contribution in [2.75, 3.05) is 13.7 Å². The molecule has 0 saturated carbocycles. The van der Waals surface area contributed by atoms with E-state index in [0.29, 0.717) is 18.8 Å². The van der Waals surface area contributed by atoms with Crippen molar-refractivity contribution >= 4 is 5.91 Å². The summed E-state index contributed by atoms with van der Waals surface area (Å²) in [6.45, 7) is 2.48. The zero-order chi connectivity index (χ0) is 12.0. The lowest BCUT2D eigenvalue weighted by molar-refractivity contribution is -0.123. The predicted molar refractivity (Wildman–Crippen MR) is 57.6 cm³/mol. The highest BCUT2D eigenvalue weighted by atomic mass is 16.5. The highest BCUT2D eigenvalue weighted by Crippen LogP contribution is 2.01. The lowest BCUT2D eigenvalue weighted by atomic mass is 10.2. The Kier molecular flexibility index (Phi) is 4.94. The lowest BCUT2D eigenvalue weighted by Crippen LogP contribution is -2.31. The van der Waals surface area contributed by atoms with E-state index in [2.05, 4.69) is 10.5 Å². The summed E-state index contributed by atoms with van der Waals surface area (Å²) < 4.78 is 9.88. The molecule has 1 heterocycles. The van der Waals surface area contributed by atoms with Crippen LogP contribution in [0.2, 0.25) is 0 Å². The summed E-state index contributed by atoms with van der Waals surface area (Å²) in [5.41, 5.74) is 6.11. The molecule has 1 rings (SSSR count). The highest BCUT2D eigenvalue weighted by molar-refractivity contribution is 5.76. The van der Waals surface area contributed by atoms with Gasteiger partial charge in [0, 0.05) is 19.7 Å². The topological polar surface area (TPSA) is 90.4 Å².